The molecule has 1 heterocycles. The molecule has 0 aliphatic carbocycles. The molecule has 1 saturated heterocycles. The Labute approximate surface area is 78.7 Å². The van der Waals surface area contributed by atoms with Gasteiger partial charge in [-0.15, -0.1) is 12.6 Å². The summed E-state index contributed by atoms with van der Waals surface area (Å²) in [5.41, 5.74) is -0.0888. The topological polar surface area (TPSA) is 41.1 Å². The van der Waals surface area contributed by atoms with Crippen molar-refractivity contribution in [2.75, 3.05) is 0 Å². The third-order valence-corrected chi connectivity index (χ3v) is 2.37. The molecule has 0 aromatic carbocycles. The number of carbonyl (C=O) groups is 1. The molecule has 1 aliphatic heterocycles. The summed E-state index contributed by atoms with van der Waals surface area (Å²) in [5, 5.41) is 5.91. The second kappa shape index (κ2) is 3.26. The van der Waals surface area contributed by atoms with Crippen molar-refractivity contribution in [3.05, 3.63) is 0 Å². The second-order valence-corrected chi connectivity index (χ2v) is 4.78. The Kier molecular flexibility index (Phi) is 2.68. The van der Waals surface area contributed by atoms with Gasteiger partial charge in [0.05, 0.1) is 0 Å². The summed E-state index contributed by atoms with van der Waals surface area (Å²) >= 11 is 4.17. The van der Waals surface area contributed by atoms with Crippen molar-refractivity contribution in [3.63, 3.8) is 0 Å². The molecular formula is C8H16N2OS. The van der Waals surface area contributed by atoms with Gasteiger partial charge in [-0.25, -0.2) is 0 Å². The molecule has 12 heavy (non-hydrogen) atoms. The monoisotopic (exact) mass is 188 g/mol. The lowest BCUT2D eigenvalue weighted by Gasteiger charge is -2.37. The highest BCUT2D eigenvalue weighted by molar-refractivity contribution is 7.80. The molecule has 3 nitrogen and oxygen atoms in total. The largest absolute Gasteiger partial charge is 0.332 e. The number of hydrogen-bond acceptors (Lipinski definition) is 3. The lowest BCUT2D eigenvalue weighted by atomic mass is 9.84. The van der Waals surface area contributed by atoms with Crippen LogP contribution in [0.1, 0.15) is 27.2 Å². The molecule has 0 spiro atoms. The van der Waals surface area contributed by atoms with Gasteiger partial charge < -0.3 is 5.32 Å². The smallest absolute Gasteiger partial charge is 0.223 e. The van der Waals surface area contributed by atoms with Crippen LogP contribution >= 0.6 is 12.6 Å². The highest BCUT2D eigenvalue weighted by Gasteiger charge is 2.31. The third-order valence-electron chi connectivity index (χ3n) is 2.09. The fraction of sp³-hybridized carbons (Fsp3) is 0.875. The molecule has 2 N–H and O–H groups in total. The van der Waals surface area contributed by atoms with Crippen molar-refractivity contribution in [1.82, 2.24) is 10.6 Å². The Morgan fingerprint density at radius 2 is 2.08 bits per heavy atom. The Morgan fingerprint density at radius 1 is 1.50 bits per heavy atom. The number of amides is 1. The number of nitrogens with one attached hydrogen (secondary N) is 2. The molecule has 0 bridgehead atoms. The minimum atomic E-state index is -0.199. The zero-order valence-electron chi connectivity index (χ0n) is 7.72. The van der Waals surface area contributed by atoms with Gasteiger partial charge in [0.15, 0.2) is 0 Å². The van der Waals surface area contributed by atoms with Crippen molar-refractivity contribution in [3.8, 4) is 0 Å². The molecule has 4 heteroatoms. The third kappa shape index (κ3) is 2.38. The zero-order chi connectivity index (χ0) is 9.35. The highest BCUT2D eigenvalue weighted by Crippen LogP contribution is 2.24. The van der Waals surface area contributed by atoms with E-state index in [2.05, 4.69) is 44.0 Å². The van der Waals surface area contributed by atoms with Gasteiger partial charge in [-0.3, -0.25) is 10.1 Å². The molecule has 2 atom stereocenters. The van der Waals surface area contributed by atoms with Crippen LogP contribution in [0.5, 0.6) is 0 Å². The summed E-state index contributed by atoms with van der Waals surface area (Å²) in [4.78, 5) is 11.1. The van der Waals surface area contributed by atoms with Gasteiger partial charge in [-0.05, 0) is 5.41 Å². The number of hydrogen-bond donors (Lipinski definition) is 3. The SMILES string of the molecule is CC(C)(C)C1CC(=O)NC(S)N1. The lowest BCUT2D eigenvalue weighted by molar-refractivity contribution is -0.124. The van der Waals surface area contributed by atoms with E-state index in [4.69, 9.17) is 0 Å². The van der Waals surface area contributed by atoms with Crippen molar-refractivity contribution in [1.29, 1.82) is 0 Å². The summed E-state index contributed by atoms with van der Waals surface area (Å²) in [6.07, 6.45) is 0.542. The summed E-state index contributed by atoms with van der Waals surface area (Å²) in [5.74, 6) is 0.0775. The minimum absolute atomic E-state index is 0.0775. The van der Waals surface area contributed by atoms with E-state index in [-0.39, 0.29) is 22.9 Å². The predicted molar refractivity (Wildman–Crippen MR) is 51.9 cm³/mol. The van der Waals surface area contributed by atoms with E-state index >= 15 is 0 Å². The predicted octanol–water partition coefficient (Wildman–Crippen LogP) is 0.724. The minimum Gasteiger partial charge on any atom is -0.332 e. The first-order chi connectivity index (χ1) is 5.39. The van der Waals surface area contributed by atoms with Crippen molar-refractivity contribution in [2.45, 2.75) is 38.7 Å². The molecule has 1 amide bonds. The molecule has 0 saturated carbocycles. The Hall–Kier alpha value is -0.220. The lowest BCUT2D eigenvalue weighted by Crippen LogP contribution is -2.57. The van der Waals surface area contributed by atoms with Crippen molar-refractivity contribution < 1.29 is 4.79 Å². The number of carbonyl (C=O) groups excluding carboxylic acids is 1. The number of rotatable bonds is 0. The molecule has 1 fully saturated rings. The van der Waals surface area contributed by atoms with Crippen LogP contribution in [-0.2, 0) is 4.79 Å². The van der Waals surface area contributed by atoms with E-state index in [0.29, 0.717) is 6.42 Å². The van der Waals surface area contributed by atoms with Crippen LogP contribution in [0.3, 0.4) is 0 Å². The summed E-state index contributed by atoms with van der Waals surface area (Å²) < 4.78 is 0. The molecule has 70 valence electrons. The van der Waals surface area contributed by atoms with Crippen LogP contribution in [0, 0.1) is 5.41 Å². The summed E-state index contributed by atoms with van der Waals surface area (Å²) in [7, 11) is 0. The average Bonchev–Trinajstić information content (AvgIpc) is 1.82. The van der Waals surface area contributed by atoms with Gasteiger partial charge in [0.1, 0.15) is 5.50 Å². The Morgan fingerprint density at radius 3 is 2.50 bits per heavy atom. The van der Waals surface area contributed by atoms with Gasteiger partial charge in [-0.1, -0.05) is 20.8 Å². The molecule has 1 aliphatic rings. The zero-order valence-corrected chi connectivity index (χ0v) is 8.61. The van der Waals surface area contributed by atoms with Crippen LogP contribution in [0.2, 0.25) is 0 Å². The highest BCUT2D eigenvalue weighted by atomic mass is 32.1. The first kappa shape index (κ1) is 9.86. The standard InChI is InChI=1S/C8H16N2OS/c1-8(2,3)5-4-6(11)10-7(12)9-5/h5,7,9,12H,4H2,1-3H3,(H,10,11). The van der Waals surface area contributed by atoms with Gasteiger partial charge in [0.2, 0.25) is 5.91 Å². The van der Waals surface area contributed by atoms with Crippen LogP contribution in [0.15, 0.2) is 0 Å². The van der Waals surface area contributed by atoms with E-state index in [1.165, 1.54) is 0 Å². The molecule has 0 aromatic rings. The van der Waals surface area contributed by atoms with Gasteiger partial charge >= 0.3 is 0 Å². The average molecular weight is 188 g/mol. The first-order valence-electron chi connectivity index (χ1n) is 4.13. The summed E-state index contributed by atoms with van der Waals surface area (Å²) in [6, 6.07) is 0.216. The fourth-order valence-corrected chi connectivity index (χ4v) is 1.57. The van der Waals surface area contributed by atoms with Crippen molar-refractivity contribution >= 4 is 18.5 Å². The van der Waals surface area contributed by atoms with E-state index in [9.17, 15) is 4.79 Å². The first-order valence-corrected chi connectivity index (χ1v) is 4.65. The fourth-order valence-electron chi connectivity index (χ4n) is 1.24. The summed E-state index contributed by atoms with van der Waals surface area (Å²) in [6.45, 7) is 6.34. The van der Waals surface area contributed by atoms with Gasteiger partial charge in [-0.2, -0.15) is 0 Å². The maximum Gasteiger partial charge on any atom is 0.223 e. The van der Waals surface area contributed by atoms with Crippen molar-refractivity contribution in [2.24, 2.45) is 5.41 Å². The van der Waals surface area contributed by atoms with Crippen LogP contribution in [0.25, 0.3) is 0 Å². The maximum absolute atomic E-state index is 11.1. The van der Waals surface area contributed by atoms with E-state index < -0.39 is 0 Å². The van der Waals surface area contributed by atoms with Gasteiger partial charge in [0, 0.05) is 12.5 Å². The quantitative estimate of drug-likeness (QED) is 0.490. The Bertz CT molecular complexity index is 188. The van der Waals surface area contributed by atoms with Crippen LogP contribution in [0.4, 0.5) is 0 Å². The van der Waals surface area contributed by atoms with E-state index in [1.54, 1.807) is 0 Å². The second-order valence-electron chi connectivity index (χ2n) is 4.26. The molecule has 2 unspecified atom stereocenters. The van der Waals surface area contributed by atoms with Gasteiger partial charge in [0.25, 0.3) is 0 Å². The van der Waals surface area contributed by atoms with E-state index in [0.717, 1.165) is 0 Å². The molecule has 0 radical (unpaired) electrons. The van der Waals surface area contributed by atoms with Crippen LogP contribution < -0.4 is 10.6 Å². The normalized spacial score (nSPS) is 31.5. The van der Waals surface area contributed by atoms with Crippen LogP contribution in [-0.4, -0.2) is 17.4 Å². The molecule has 1 rings (SSSR count). The Balaban J connectivity index is 2.62. The molecule has 0 aromatic heterocycles. The van der Waals surface area contributed by atoms with E-state index in [1.807, 2.05) is 0 Å². The maximum atomic E-state index is 11.1. The number of thiol groups is 1. The molecular weight excluding hydrogens is 172 g/mol.